The highest BCUT2D eigenvalue weighted by Gasteiger charge is 2.40. The predicted molar refractivity (Wildman–Crippen MR) is 118 cm³/mol. The van der Waals surface area contributed by atoms with Gasteiger partial charge in [0.1, 0.15) is 16.5 Å². The summed E-state index contributed by atoms with van der Waals surface area (Å²) < 4.78 is 5.27. The number of nitrogens with zero attached hydrogens (tertiary/aromatic N) is 2. The van der Waals surface area contributed by atoms with E-state index in [1.807, 2.05) is 4.90 Å². The zero-order valence-electron chi connectivity index (χ0n) is 17.1. The van der Waals surface area contributed by atoms with Gasteiger partial charge in [0.25, 0.3) is 17.7 Å². The van der Waals surface area contributed by atoms with Crippen molar-refractivity contribution in [3.8, 4) is 5.75 Å². The van der Waals surface area contributed by atoms with Gasteiger partial charge in [0.2, 0.25) is 0 Å². The van der Waals surface area contributed by atoms with Gasteiger partial charge in [-0.1, -0.05) is 29.8 Å². The third kappa shape index (κ3) is 4.01. The van der Waals surface area contributed by atoms with Gasteiger partial charge in [-0.15, -0.1) is 0 Å². The van der Waals surface area contributed by atoms with Crippen LogP contribution in [0, 0.1) is 0 Å². The van der Waals surface area contributed by atoms with Gasteiger partial charge in [-0.3, -0.25) is 14.4 Å². The Balaban J connectivity index is 1.57. The second-order valence-corrected chi connectivity index (χ2v) is 7.74. The molecule has 1 N–H and O–H groups in total. The van der Waals surface area contributed by atoms with E-state index in [0.717, 1.165) is 37.3 Å². The maximum Gasteiger partial charge on any atom is 0.283 e. The SMILES string of the molecule is COc1ccccc1N1C(=O)C(Cl)=C(Nc2cccc(C(=O)N3CCCCC3)c2)C1=O. The molecule has 0 spiro atoms. The van der Waals surface area contributed by atoms with Crippen LogP contribution in [0.3, 0.4) is 0 Å². The standard InChI is InChI=1S/C23H22ClN3O4/c1-31-18-11-4-3-10-17(18)27-22(29)19(24)20(23(27)30)25-16-9-7-8-15(14-16)21(28)26-12-5-2-6-13-26/h3-4,7-11,14,25H,2,5-6,12-13H2,1H3. The zero-order valence-corrected chi connectivity index (χ0v) is 17.8. The molecule has 0 unspecified atom stereocenters. The first kappa shape index (κ1) is 20.9. The number of anilines is 2. The molecule has 160 valence electrons. The summed E-state index contributed by atoms with van der Waals surface area (Å²) in [5, 5.41) is 2.71. The highest BCUT2D eigenvalue weighted by atomic mass is 35.5. The largest absolute Gasteiger partial charge is 0.495 e. The lowest BCUT2D eigenvalue weighted by molar-refractivity contribution is -0.120. The Morgan fingerprint density at radius 3 is 2.48 bits per heavy atom. The number of hydrogen-bond acceptors (Lipinski definition) is 5. The van der Waals surface area contributed by atoms with Crippen molar-refractivity contribution >= 4 is 40.7 Å². The van der Waals surface area contributed by atoms with E-state index < -0.39 is 11.8 Å². The number of para-hydroxylation sites is 2. The Morgan fingerprint density at radius 1 is 1.00 bits per heavy atom. The van der Waals surface area contributed by atoms with Crippen molar-refractivity contribution in [3.63, 3.8) is 0 Å². The fourth-order valence-electron chi connectivity index (χ4n) is 3.80. The van der Waals surface area contributed by atoms with Gasteiger partial charge >= 0.3 is 0 Å². The first-order valence-electron chi connectivity index (χ1n) is 10.1. The van der Waals surface area contributed by atoms with Crippen molar-refractivity contribution in [1.29, 1.82) is 0 Å². The van der Waals surface area contributed by atoms with Crippen LogP contribution in [-0.4, -0.2) is 42.8 Å². The van der Waals surface area contributed by atoms with Crippen molar-refractivity contribution in [2.45, 2.75) is 19.3 Å². The van der Waals surface area contributed by atoms with Crippen LogP contribution in [-0.2, 0) is 9.59 Å². The summed E-state index contributed by atoms with van der Waals surface area (Å²) in [7, 11) is 1.46. The summed E-state index contributed by atoms with van der Waals surface area (Å²) in [6, 6.07) is 13.6. The number of rotatable bonds is 5. The van der Waals surface area contributed by atoms with Gasteiger partial charge in [-0.25, -0.2) is 4.90 Å². The van der Waals surface area contributed by atoms with Gasteiger partial charge in [0.05, 0.1) is 12.8 Å². The molecule has 0 atom stereocenters. The normalized spacial score (nSPS) is 16.7. The van der Waals surface area contributed by atoms with E-state index in [0.29, 0.717) is 22.7 Å². The third-order valence-corrected chi connectivity index (χ3v) is 5.73. The average molecular weight is 440 g/mol. The minimum absolute atomic E-state index is 0.0415. The number of carbonyl (C=O) groups is 3. The molecule has 0 aliphatic carbocycles. The Kier molecular flexibility index (Phi) is 5.95. The smallest absolute Gasteiger partial charge is 0.283 e. The molecule has 3 amide bonds. The molecule has 2 heterocycles. The van der Waals surface area contributed by atoms with Crippen LogP contribution in [0.4, 0.5) is 11.4 Å². The van der Waals surface area contributed by atoms with Gasteiger partial charge < -0.3 is 15.0 Å². The summed E-state index contributed by atoms with van der Waals surface area (Å²) in [4.78, 5) is 41.4. The molecule has 2 aliphatic rings. The van der Waals surface area contributed by atoms with Crippen molar-refractivity contribution in [1.82, 2.24) is 4.90 Å². The summed E-state index contributed by atoms with van der Waals surface area (Å²) in [5.41, 5.74) is 1.28. The Bertz CT molecular complexity index is 1080. The summed E-state index contributed by atoms with van der Waals surface area (Å²) in [6.45, 7) is 1.49. The number of hydrogen-bond donors (Lipinski definition) is 1. The fraction of sp³-hybridized carbons (Fsp3) is 0.261. The molecule has 1 fully saturated rings. The van der Waals surface area contributed by atoms with Crippen LogP contribution in [0.15, 0.2) is 59.3 Å². The number of amides is 3. The van der Waals surface area contributed by atoms with Crippen molar-refractivity contribution in [3.05, 3.63) is 64.8 Å². The minimum Gasteiger partial charge on any atom is -0.495 e. The van der Waals surface area contributed by atoms with Crippen LogP contribution < -0.4 is 15.0 Å². The van der Waals surface area contributed by atoms with E-state index in [-0.39, 0.29) is 16.6 Å². The highest BCUT2D eigenvalue weighted by Crippen LogP contribution is 2.35. The van der Waals surface area contributed by atoms with Crippen LogP contribution in [0.1, 0.15) is 29.6 Å². The maximum atomic E-state index is 13.0. The number of piperidine rings is 1. The van der Waals surface area contributed by atoms with Crippen LogP contribution in [0.5, 0.6) is 5.75 Å². The molecule has 7 nitrogen and oxygen atoms in total. The van der Waals surface area contributed by atoms with E-state index in [2.05, 4.69) is 5.32 Å². The summed E-state index contributed by atoms with van der Waals surface area (Å²) >= 11 is 6.23. The molecular formula is C23H22ClN3O4. The third-order valence-electron chi connectivity index (χ3n) is 5.38. The molecule has 0 saturated carbocycles. The Labute approximate surface area is 185 Å². The number of benzene rings is 2. The number of imide groups is 1. The monoisotopic (exact) mass is 439 g/mol. The number of carbonyl (C=O) groups excluding carboxylic acids is 3. The van der Waals surface area contributed by atoms with Crippen molar-refractivity contribution in [2.75, 3.05) is 30.4 Å². The van der Waals surface area contributed by atoms with Crippen LogP contribution >= 0.6 is 11.6 Å². The van der Waals surface area contributed by atoms with Crippen LogP contribution in [0.25, 0.3) is 0 Å². The lowest BCUT2D eigenvalue weighted by Crippen LogP contribution is -2.35. The molecule has 0 bridgehead atoms. The van der Waals surface area contributed by atoms with Crippen molar-refractivity contribution in [2.24, 2.45) is 0 Å². The zero-order chi connectivity index (χ0) is 22.0. The molecule has 2 aromatic carbocycles. The molecule has 8 heteroatoms. The van der Waals surface area contributed by atoms with Gasteiger partial charge in [0, 0.05) is 24.3 Å². The lowest BCUT2D eigenvalue weighted by Gasteiger charge is -2.26. The van der Waals surface area contributed by atoms with E-state index >= 15 is 0 Å². The molecule has 1 saturated heterocycles. The summed E-state index contributed by atoms with van der Waals surface area (Å²) in [5.74, 6) is -0.900. The van der Waals surface area contributed by atoms with E-state index in [1.165, 1.54) is 7.11 Å². The molecule has 31 heavy (non-hydrogen) atoms. The molecule has 2 aromatic rings. The maximum absolute atomic E-state index is 13.0. The second-order valence-electron chi connectivity index (χ2n) is 7.37. The number of ether oxygens (including phenoxy) is 1. The van der Waals surface area contributed by atoms with E-state index in [1.54, 1.807) is 48.5 Å². The van der Waals surface area contributed by atoms with Gasteiger partial charge in [0.15, 0.2) is 0 Å². The number of nitrogens with one attached hydrogen (secondary N) is 1. The van der Waals surface area contributed by atoms with Gasteiger partial charge in [-0.05, 0) is 49.6 Å². The molecule has 0 aromatic heterocycles. The van der Waals surface area contributed by atoms with Crippen molar-refractivity contribution < 1.29 is 19.1 Å². The van der Waals surface area contributed by atoms with Gasteiger partial charge in [-0.2, -0.15) is 0 Å². The summed E-state index contributed by atoms with van der Waals surface area (Å²) in [6.07, 6.45) is 3.14. The second kappa shape index (κ2) is 8.81. The predicted octanol–water partition coefficient (Wildman–Crippen LogP) is 3.76. The number of halogens is 1. The topological polar surface area (TPSA) is 79.0 Å². The first-order chi connectivity index (χ1) is 15.0. The lowest BCUT2D eigenvalue weighted by atomic mass is 10.1. The molecule has 4 rings (SSSR count). The highest BCUT2D eigenvalue weighted by molar-refractivity contribution is 6.53. The average Bonchev–Trinajstić information content (AvgIpc) is 3.02. The quantitative estimate of drug-likeness (QED) is 0.717. The molecule has 0 radical (unpaired) electrons. The Morgan fingerprint density at radius 2 is 1.74 bits per heavy atom. The molecule has 2 aliphatic heterocycles. The van der Waals surface area contributed by atoms with Crippen LogP contribution in [0.2, 0.25) is 0 Å². The fourth-order valence-corrected chi connectivity index (χ4v) is 4.01. The minimum atomic E-state index is -0.640. The number of methoxy groups -OCH3 is 1. The first-order valence-corrected chi connectivity index (χ1v) is 10.5. The van der Waals surface area contributed by atoms with E-state index in [9.17, 15) is 14.4 Å². The van der Waals surface area contributed by atoms with E-state index in [4.69, 9.17) is 16.3 Å². The number of likely N-dealkylation sites (tertiary alicyclic amines) is 1. The molecular weight excluding hydrogens is 418 g/mol. The Hall–Kier alpha value is -3.32.